The molecule has 1 aromatic carbocycles. The van der Waals surface area contributed by atoms with Crippen molar-refractivity contribution >= 4 is 21.7 Å². The second kappa shape index (κ2) is 7.59. The first-order valence-electron chi connectivity index (χ1n) is 7.69. The van der Waals surface area contributed by atoms with Crippen molar-refractivity contribution in [2.24, 2.45) is 11.7 Å². The number of likely N-dealkylation sites (tertiary alicyclic amines) is 1. The summed E-state index contributed by atoms with van der Waals surface area (Å²) in [7, 11) is -3.43. The van der Waals surface area contributed by atoms with Crippen LogP contribution in [0.15, 0.2) is 30.3 Å². The van der Waals surface area contributed by atoms with Gasteiger partial charge < -0.3 is 10.6 Å². The fraction of sp³-hybridized carbons (Fsp3) is 0.500. The van der Waals surface area contributed by atoms with Crippen LogP contribution in [-0.2, 0) is 25.8 Å². The first-order valence-corrected chi connectivity index (χ1v) is 9.51. The van der Waals surface area contributed by atoms with Crippen molar-refractivity contribution in [2.75, 3.05) is 24.6 Å². The molecule has 0 aromatic heterocycles. The molecule has 0 bridgehead atoms. The lowest BCUT2D eigenvalue weighted by atomic mass is 10.1. The monoisotopic (exact) mass is 338 g/mol. The Morgan fingerprint density at radius 2 is 1.91 bits per heavy atom. The van der Waals surface area contributed by atoms with E-state index in [2.05, 4.69) is 0 Å². The standard InChI is InChI=1S/C16H22N2O4S/c17-16(20)14-8-9-18(11-14)15(19)12-23(21,22)10-4-7-13-5-2-1-3-6-13/h1-3,5-6,14H,4,7-12H2,(H2,17,20)/t14-/m0/s1. The van der Waals surface area contributed by atoms with Crippen LogP contribution in [0.25, 0.3) is 0 Å². The van der Waals surface area contributed by atoms with E-state index in [4.69, 9.17) is 5.73 Å². The number of primary amides is 1. The van der Waals surface area contributed by atoms with Crippen LogP contribution in [0.2, 0.25) is 0 Å². The third kappa shape index (κ3) is 5.35. The average molecular weight is 338 g/mol. The Morgan fingerprint density at radius 3 is 2.52 bits per heavy atom. The fourth-order valence-corrected chi connectivity index (χ4v) is 4.00. The molecule has 0 radical (unpaired) electrons. The second-order valence-corrected chi connectivity index (χ2v) is 8.09. The normalized spacial score (nSPS) is 18.1. The van der Waals surface area contributed by atoms with E-state index in [1.807, 2.05) is 30.3 Å². The van der Waals surface area contributed by atoms with Crippen molar-refractivity contribution in [3.8, 4) is 0 Å². The number of hydrogen-bond donors (Lipinski definition) is 1. The molecule has 0 aliphatic carbocycles. The fourth-order valence-electron chi connectivity index (χ4n) is 2.71. The number of carbonyl (C=O) groups excluding carboxylic acids is 2. The minimum Gasteiger partial charge on any atom is -0.369 e. The zero-order valence-corrected chi connectivity index (χ0v) is 13.8. The number of benzene rings is 1. The van der Waals surface area contributed by atoms with Crippen LogP contribution < -0.4 is 5.73 Å². The molecule has 23 heavy (non-hydrogen) atoms. The lowest BCUT2D eigenvalue weighted by Crippen LogP contribution is -2.36. The molecule has 1 aliphatic rings. The molecule has 1 aromatic rings. The highest BCUT2D eigenvalue weighted by atomic mass is 32.2. The van der Waals surface area contributed by atoms with Gasteiger partial charge in [0, 0.05) is 13.1 Å². The van der Waals surface area contributed by atoms with Gasteiger partial charge >= 0.3 is 0 Å². The number of carbonyl (C=O) groups is 2. The van der Waals surface area contributed by atoms with Crippen LogP contribution in [0.3, 0.4) is 0 Å². The molecular weight excluding hydrogens is 316 g/mol. The number of nitrogens with zero attached hydrogens (tertiary/aromatic N) is 1. The smallest absolute Gasteiger partial charge is 0.237 e. The number of aryl methyl sites for hydroxylation is 1. The van der Waals surface area contributed by atoms with Crippen LogP contribution in [0.4, 0.5) is 0 Å². The molecule has 1 saturated heterocycles. The van der Waals surface area contributed by atoms with Gasteiger partial charge in [-0.2, -0.15) is 0 Å². The van der Waals surface area contributed by atoms with Gasteiger partial charge in [-0.3, -0.25) is 9.59 Å². The van der Waals surface area contributed by atoms with Crippen LogP contribution in [0.5, 0.6) is 0 Å². The summed E-state index contributed by atoms with van der Waals surface area (Å²) >= 11 is 0. The van der Waals surface area contributed by atoms with Crippen LogP contribution in [0.1, 0.15) is 18.4 Å². The van der Waals surface area contributed by atoms with E-state index in [9.17, 15) is 18.0 Å². The number of hydrogen-bond acceptors (Lipinski definition) is 4. The second-order valence-electron chi connectivity index (χ2n) is 5.91. The Morgan fingerprint density at radius 1 is 1.22 bits per heavy atom. The van der Waals surface area contributed by atoms with Gasteiger partial charge in [-0.25, -0.2) is 8.42 Å². The third-order valence-electron chi connectivity index (χ3n) is 4.05. The lowest BCUT2D eigenvalue weighted by molar-refractivity contribution is -0.127. The van der Waals surface area contributed by atoms with Gasteiger partial charge in [0.2, 0.25) is 11.8 Å². The average Bonchev–Trinajstić information content (AvgIpc) is 2.98. The molecule has 1 fully saturated rings. The van der Waals surface area contributed by atoms with Gasteiger partial charge in [-0.05, 0) is 24.8 Å². The maximum absolute atomic E-state index is 12.1. The summed E-state index contributed by atoms with van der Waals surface area (Å²) in [6.07, 6.45) is 1.67. The van der Waals surface area contributed by atoms with Gasteiger partial charge in [-0.15, -0.1) is 0 Å². The summed E-state index contributed by atoms with van der Waals surface area (Å²) in [4.78, 5) is 24.6. The number of nitrogens with two attached hydrogens (primary N) is 1. The minimum atomic E-state index is -3.43. The van der Waals surface area contributed by atoms with Gasteiger partial charge in [0.1, 0.15) is 5.75 Å². The van der Waals surface area contributed by atoms with Crippen molar-refractivity contribution in [1.82, 2.24) is 4.90 Å². The number of sulfone groups is 1. The van der Waals surface area contributed by atoms with Crippen molar-refractivity contribution in [3.63, 3.8) is 0 Å². The highest BCUT2D eigenvalue weighted by molar-refractivity contribution is 7.92. The maximum atomic E-state index is 12.1. The van der Waals surface area contributed by atoms with Crippen LogP contribution in [-0.4, -0.2) is 49.7 Å². The highest BCUT2D eigenvalue weighted by Gasteiger charge is 2.31. The summed E-state index contributed by atoms with van der Waals surface area (Å²) in [5, 5.41) is 0. The van der Waals surface area contributed by atoms with Gasteiger partial charge in [0.15, 0.2) is 9.84 Å². The Hall–Kier alpha value is -1.89. The van der Waals surface area contributed by atoms with E-state index in [1.165, 1.54) is 4.90 Å². The molecule has 126 valence electrons. The molecular formula is C16H22N2O4S. The topological polar surface area (TPSA) is 97.5 Å². The molecule has 0 spiro atoms. The summed E-state index contributed by atoms with van der Waals surface area (Å²) in [6, 6.07) is 9.64. The van der Waals surface area contributed by atoms with E-state index in [0.717, 1.165) is 5.56 Å². The molecule has 1 heterocycles. The molecule has 0 saturated carbocycles. The SMILES string of the molecule is NC(=O)[C@H]1CCN(C(=O)CS(=O)(=O)CCCc2ccccc2)C1. The summed E-state index contributed by atoms with van der Waals surface area (Å²) in [5.74, 6) is -1.74. The molecule has 2 N–H and O–H groups in total. The Kier molecular flexibility index (Phi) is 5.76. The Balaban J connectivity index is 1.79. The van der Waals surface area contributed by atoms with Gasteiger partial charge in [-0.1, -0.05) is 30.3 Å². The zero-order valence-electron chi connectivity index (χ0n) is 13.0. The van der Waals surface area contributed by atoms with E-state index in [1.54, 1.807) is 0 Å². The summed E-state index contributed by atoms with van der Waals surface area (Å²) in [6.45, 7) is 0.625. The van der Waals surface area contributed by atoms with E-state index < -0.39 is 27.4 Å². The first-order chi connectivity index (χ1) is 10.9. The number of amides is 2. The van der Waals surface area contributed by atoms with E-state index >= 15 is 0 Å². The summed E-state index contributed by atoms with van der Waals surface area (Å²) in [5.41, 5.74) is 6.29. The van der Waals surface area contributed by atoms with Crippen molar-refractivity contribution in [3.05, 3.63) is 35.9 Å². The summed E-state index contributed by atoms with van der Waals surface area (Å²) < 4.78 is 24.1. The minimum absolute atomic E-state index is 0.0132. The predicted octanol–water partition coefficient (Wildman–Crippen LogP) is 0.368. The van der Waals surface area contributed by atoms with Crippen LogP contribution in [0, 0.1) is 5.92 Å². The largest absolute Gasteiger partial charge is 0.369 e. The molecule has 7 heteroatoms. The molecule has 2 rings (SSSR count). The number of rotatable bonds is 7. The Labute approximate surface area is 136 Å². The van der Waals surface area contributed by atoms with E-state index in [0.29, 0.717) is 25.8 Å². The molecule has 1 atom stereocenters. The zero-order chi connectivity index (χ0) is 16.9. The molecule has 0 unspecified atom stereocenters. The van der Waals surface area contributed by atoms with Crippen molar-refractivity contribution < 1.29 is 18.0 Å². The highest BCUT2D eigenvalue weighted by Crippen LogP contribution is 2.16. The predicted molar refractivity (Wildman–Crippen MR) is 87.3 cm³/mol. The van der Waals surface area contributed by atoms with Crippen LogP contribution >= 0.6 is 0 Å². The maximum Gasteiger partial charge on any atom is 0.237 e. The van der Waals surface area contributed by atoms with Gasteiger partial charge in [0.25, 0.3) is 0 Å². The van der Waals surface area contributed by atoms with Crippen molar-refractivity contribution in [2.45, 2.75) is 19.3 Å². The van der Waals surface area contributed by atoms with Gasteiger partial charge in [0.05, 0.1) is 11.7 Å². The van der Waals surface area contributed by atoms with Crippen molar-refractivity contribution in [1.29, 1.82) is 0 Å². The third-order valence-corrected chi connectivity index (χ3v) is 5.65. The molecule has 6 nitrogen and oxygen atoms in total. The molecule has 1 aliphatic heterocycles. The Bertz CT molecular complexity index is 658. The molecule has 2 amide bonds. The first kappa shape index (κ1) is 17.5. The lowest BCUT2D eigenvalue weighted by Gasteiger charge is -2.16. The quantitative estimate of drug-likeness (QED) is 0.776. The van der Waals surface area contributed by atoms with E-state index in [-0.39, 0.29) is 18.2 Å².